The van der Waals surface area contributed by atoms with Gasteiger partial charge in [-0.05, 0) is 38.7 Å². The molecule has 2 aromatic rings. The SMILES string of the molecule is Cc1ccc(C(CNC(=O)c2cccnc2N2CCOCC2)N(C)C)cc1. The molecule has 1 aliphatic rings. The first-order chi connectivity index (χ1) is 13.1. The maximum Gasteiger partial charge on any atom is 0.255 e. The number of anilines is 1. The van der Waals surface area contributed by atoms with Crippen molar-refractivity contribution in [2.24, 2.45) is 0 Å². The van der Waals surface area contributed by atoms with Crippen LogP contribution in [0.2, 0.25) is 0 Å². The van der Waals surface area contributed by atoms with Gasteiger partial charge in [-0.2, -0.15) is 0 Å². The van der Waals surface area contributed by atoms with Gasteiger partial charge in [0.05, 0.1) is 24.8 Å². The molecule has 1 aliphatic heterocycles. The average molecular weight is 368 g/mol. The zero-order valence-electron chi connectivity index (χ0n) is 16.3. The molecule has 144 valence electrons. The highest BCUT2D eigenvalue weighted by molar-refractivity contribution is 5.98. The molecule has 1 aromatic heterocycles. The number of likely N-dealkylation sites (N-methyl/N-ethyl adjacent to an activating group) is 1. The summed E-state index contributed by atoms with van der Waals surface area (Å²) in [7, 11) is 4.06. The minimum atomic E-state index is -0.0939. The predicted octanol–water partition coefficient (Wildman–Crippen LogP) is 2.26. The van der Waals surface area contributed by atoms with Crippen molar-refractivity contribution in [2.45, 2.75) is 13.0 Å². The zero-order valence-corrected chi connectivity index (χ0v) is 16.3. The molecule has 1 fully saturated rings. The fraction of sp³-hybridized carbons (Fsp3) is 0.429. The van der Waals surface area contributed by atoms with Crippen molar-refractivity contribution < 1.29 is 9.53 Å². The predicted molar refractivity (Wildman–Crippen MR) is 107 cm³/mol. The Morgan fingerprint density at radius 3 is 2.59 bits per heavy atom. The molecule has 1 unspecified atom stereocenters. The van der Waals surface area contributed by atoms with Crippen LogP contribution in [-0.2, 0) is 4.74 Å². The van der Waals surface area contributed by atoms with E-state index in [0.29, 0.717) is 25.3 Å². The Kier molecular flexibility index (Phi) is 6.42. The maximum atomic E-state index is 12.9. The molecule has 0 spiro atoms. The number of aromatic nitrogens is 1. The molecular weight excluding hydrogens is 340 g/mol. The van der Waals surface area contributed by atoms with E-state index in [-0.39, 0.29) is 11.9 Å². The number of hydrogen-bond acceptors (Lipinski definition) is 5. The second-order valence-corrected chi connectivity index (χ2v) is 7.07. The van der Waals surface area contributed by atoms with Gasteiger partial charge in [0.15, 0.2) is 0 Å². The molecule has 1 N–H and O–H groups in total. The van der Waals surface area contributed by atoms with Gasteiger partial charge < -0.3 is 19.9 Å². The van der Waals surface area contributed by atoms with Crippen molar-refractivity contribution in [3.63, 3.8) is 0 Å². The van der Waals surface area contributed by atoms with Crippen molar-refractivity contribution >= 4 is 11.7 Å². The fourth-order valence-corrected chi connectivity index (χ4v) is 3.27. The quantitative estimate of drug-likeness (QED) is 0.848. The number of pyridine rings is 1. The number of morpholine rings is 1. The number of benzene rings is 1. The van der Waals surface area contributed by atoms with E-state index in [1.807, 2.05) is 26.2 Å². The second kappa shape index (κ2) is 8.97. The first kappa shape index (κ1) is 19.3. The summed E-state index contributed by atoms with van der Waals surface area (Å²) >= 11 is 0. The number of carbonyl (C=O) groups is 1. The number of carbonyl (C=O) groups excluding carboxylic acids is 1. The van der Waals surface area contributed by atoms with Gasteiger partial charge in [0.2, 0.25) is 0 Å². The van der Waals surface area contributed by atoms with E-state index in [0.717, 1.165) is 18.9 Å². The minimum Gasteiger partial charge on any atom is -0.378 e. The lowest BCUT2D eigenvalue weighted by atomic mass is 10.0. The van der Waals surface area contributed by atoms with Crippen LogP contribution in [0.5, 0.6) is 0 Å². The van der Waals surface area contributed by atoms with Gasteiger partial charge in [-0.25, -0.2) is 4.98 Å². The molecule has 1 atom stereocenters. The third kappa shape index (κ3) is 4.84. The van der Waals surface area contributed by atoms with E-state index >= 15 is 0 Å². The molecule has 0 radical (unpaired) electrons. The third-order valence-corrected chi connectivity index (χ3v) is 4.88. The minimum absolute atomic E-state index is 0.0939. The van der Waals surface area contributed by atoms with E-state index < -0.39 is 0 Å². The van der Waals surface area contributed by atoms with Crippen molar-refractivity contribution in [3.8, 4) is 0 Å². The van der Waals surface area contributed by atoms with Crippen LogP contribution in [0, 0.1) is 6.92 Å². The summed E-state index contributed by atoms with van der Waals surface area (Å²) in [6.45, 7) is 5.43. The molecule has 1 saturated heterocycles. The Hall–Kier alpha value is -2.44. The Balaban J connectivity index is 1.72. The highest BCUT2D eigenvalue weighted by Crippen LogP contribution is 2.20. The van der Waals surface area contributed by atoms with Crippen LogP contribution in [0.1, 0.15) is 27.5 Å². The smallest absolute Gasteiger partial charge is 0.255 e. The lowest BCUT2D eigenvalue weighted by Gasteiger charge is -2.29. The Morgan fingerprint density at radius 1 is 1.22 bits per heavy atom. The van der Waals surface area contributed by atoms with Gasteiger partial charge in [-0.1, -0.05) is 29.8 Å². The number of rotatable bonds is 6. The van der Waals surface area contributed by atoms with Crippen LogP contribution in [-0.4, -0.2) is 62.7 Å². The molecule has 0 bridgehead atoms. The maximum absolute atomic E-state index is 12.9. The van der Waals surface area contributed by atoms with Crippen LogP contribution in [0.15, 0.2) is 42.6 Å². The zero-order chi connectivity index (χ0) is 19.2. The summed E-state index contributed by atoms with van der Waals surface area (Å²) in [5.74, 6) is 0.638. The van der Waals surface area contributed by atoms with Crippen LogP contribution in [0.3, 0.4) is 0 Å². The van der Waals surface area contributed by atoms with Gasteiger partial charge in [0, 0.05) is 25.8 Å². The number of amides is 1. The number of nitrogens with one attached hydrogen (secondary N) is 1. The van der Waals surface area contributed by atoms with Gasteiger partial charge in [-0.3, -0.25) is 4.79 Å². The molecule has 3 rings (SSSR count). The first-order valence-corrected chi connectivity index (χ1v) is 9.35. The summed E-state index contributed by atoms with van der Waals surface area (Å²) in [5, 5.41) is 3.09. The standard InChI is InChI=1S/C21H28N4O2/c1-16-6-8-17(9-7-16)19(24(2)3)15-23-21(26)18-5-4-10-22-20(18)25-11-13-27-14-12-25/h4-10,19H,11-15H2,1-3H3,(H,23,26). The number of aryl methyl sites for hydroxylation is 1. The van der Waals surface area contributed by atoms with Crippen molar-refractivity contribution in [3.05, 3.63) is 59.3 Å². The highest BCUT2D eigenvalue weighted by atomic mass is 16.5. The summed E-state index contributed by atoms with van der Waals surface area (Å²) in [6.07, 6.45) is 1.73. The Bertz CT molecular complexity index is 755. The molecule has 6 nitrogen and oxygen atoms in total. The summed E-state index contributed by atoms with van der Waals surface area (Å²) < 4.78 is 5.41. The molecule has 6 heteroatoms. The van der Waals surface area contributed by atoms with E-state index in [1.54, 1.807) is 6.20 Å². The molecule has 0 aliphatic carbocycles. The number of nitrogens with zero attached hydrogens (tertiary/aromatic N) is 3. The van der Waals surface area contributed by atoms with Gasteiger partial charge in [0.25, 0.3) is 5.91 Å². The Labute approximate surface area is 161 Å². The summed E-state index contributed by atoms with van der Waals surface area (Å²) in [5.41, 5.74) is 3.03. The molecule has 1 aromatic carbocycles. The molecule has 27 heavy (non-hydrogen) atoms. The van der Waals surface area contributed by atoms with Crippen LogP contribution < -0.4 is 10.2 Å². The average Bonchev–Trinajstić information content (AvgIpc) is 2.70. The van der Waals surface area contributed by atoms with E-state index in [2.05, 4.69) is 51.3 Å². The van der Waals surface area contributed by atoms with Gasteiger partial charge in [-0.15, -0.1) is 0 Å². The van der Waals surface area contributed by atoms with Crippen molar-refractivity contribution in [1.29, 1.82) is 0 Å². The highest BCUT2D eigenvalue weighted by Gasteiger charge is 2.21. The van der Waals surface area contributed by atoms with Crippen LogP contribution in [0.25, 0.3) is 0 Å². The molecule has 0 saturated carbocycles. The fourth-order valence-electron chi connectivity index (χ4n) is 3.27. The van der Waals surface area contributed by atoms with Crippen LogP contribution >= 0.6 is 0 Å². The lowest BCUT2D eigenvalue weighted by Crippen LogP contribution is -2.39. The Morgan fingerprint density at radius 2 is 1.93 bits per heavy atom. The van der Waals surface area contributed by atoms with Crippen molar-refractivity contribution in [1.82, 2.24) is 15.2 Å². The normalized spacial score (nSPS) is 15.6. The van der Waals surface area contributed by atoms with Crippen molar-refractivity contribution in [2.75, 3.05) is 51.8 Å². The lowest BCUT2D eigenvalue weighted by molar-refractivity contribution is 0.0940. The molecule has 1 amide bonds. The number of ether oxygens (including phenoxy) is 1. The second-order valence-electron chi connectivity index (χ2n) is 7.07. The monoisotopic (exact) mass is 368 g/mol. The van der Waals surface area contributed by atoms with E-state index in [1.165, 1.54) is 11.1 Å². The number of hydrogen-bond donors (Lipinski definition) is 1. The van der Waals surface area contributed by atoms with E-state index in [4.69, 9.17) is 4.74 Å². The largest absolute Gasteiger partial charge is 0.378 e. The van der Waals surface area contributed by atoms with Gasteiger partial charge >= 0.3 is 0 Å². The van der Waals surface area contributed by atoms with Crippen LogP contribution in [0.4, 0.5) is 5.82 Å². The van der Waals surface area contributed by atoms with E-state index in [9.17, 15) is 4.79 Å². The molecule has 2 heterocycles. The first-order valence-electron chi connectivity index (χ1n) is 9.35. The third-order valence-electron chi connectivity index (χ3n) is 4.88. The summed E-state index contributed by atoms with van der Waals surface area (Å²) in [4.78, 5) is 21.6. The summed E-state index contributed by atoms with van der Waals surface area (Å²) in [6, 6.07) is 12.2. The topological polar surface area (TPSA) is 57.7 Å². The molecular formula is C21H28N4O2. The van der Waals surface area contributed by atoms with Gasteiger partial charge in [0.1, 0.15) is 5.82 Å².